The fourth-order valence-corrected chi connectivity index (χ4v) is 1.56. The molecule has 2 atom stereocenters. The highest BCUT2D eigenvalue weighted by atomic mass is 16.4. The van der Waals surface area contributed by atoms with Crippen molar-refractivity contribution in [1.29, 1.82) is 0 Å². The third-order valence-corrected chi connectivity index (χ3v) is 3.10. The van der Waals surface area contributed by atoms with Crippen LogP contribution in [0.2, 0.25) is 0 Å². The molecule has 0 aliphatic carbocycles. The zero-order valence-corrected chi connectivity index (χ0v) is 10.7. The van der Waals surface area contributed by atoms with Crippen LogP contribution in [0.1, 0.15) is 31.1 Å². The van der Waals surface area contributed by atoms with Gasteiger partial charge in [0.25, 0.3) is 0 Å². The third-order valence-electron chi connectivity index (χ3n) is 3.10. The van der Waals surface area contributed by atoms with E-state index in [1.54, 1.807) is 13.8 Å². The third kappa shape index (κ3) is 3.10. The van der Waals surface area contributed by atoms with E-state index in [4.69, 9.17) is 10.8 Å². The van der Waals surface area contributed by atoms with E-state index in [0.717, 1.165) is 0 Å². The average Bonchev–Trinajstić information content (AvgIpc) is 2.36. The van der Waals surface area contributed by atoms with Crippen LogP contribution in [-0.4, -0.2) is 33.3 Å². The van der Waals surface area contributed by atoms with E-state index in [-0.39, 0.29) is 5.56 Å². The summed E-state index contributed by atoms with van der Waals surface area (Å²) < 4.78 is 0. The van der Waals surface area contributed by atoms with Gasteiger partial charge in [0.1, 0.15) is 6.10 Å². The van der Waals surface area contributed by atoms with E-state index < -0.39 is 29.5 Å². The molecule has 2 unspecified atom stereocenters. The predicted octanol–water partition coefficient (Wildman–Crippen LogP) is -0.0716. The molecule has 0 spiro atoms. The summed E-state index contributed by atoms with van der Waals surface area (Å²) in [5.74, 6) is -2.00. The second-order valence-corrected chi connectivity index (χ2v) is 4.84. The summed E-state index contributed by atoms with van der Waals surface area (Å²) in [7, 11) is 0. The van der Waals surface area contributed by atoms with Crippen LogP contribution < -0.4 is 5.73 Å². The Morgan fingerprint density at radius 2 is 1.63 bits per heavy atom. The summed E-state index contributed by atoms with van der Waals surface area (Å²) in [6, 6.07) is 5.97. The molecule has 0 saturated heterocycles. The summed E-state index contributed by atoms with van der Waals surface area (Å²) in [6.07, 6.45) is -3.13. The van der Waals surface area contributed by atoms with Crippen LogP contribution >= 0.6 is 0 Å². The zero-order chi connectivity index (χ0) is 14.8. The first-order valence-corrected chi connectivity index (χ1v) is 5.67. The lowest BCUT2D eigenvalue weighted by Crippen LogP contribution is -2.34. The summed E-state index contributed by atoms with van der Waals surface area (Å²) in [5, 5.41) is 28.1. The average molecular weight is 267 g/mol. The van der Waals surface area contributed by atoms with Crippen molar-refractivity contribution in [3.05, 3.63) is 35.4 Å². The Morgan fingerprint density at radius 1 is 1.16 bits per heavy atom. The molecule has 0 heterocycles. The molecule has 0 saturated carbocycles. The largest absolute Gasteiger partial charge is 0.481 e. The van der Waals surface area contributed by atoms with Crippen molar-refractivity contribution < 1.29 is 24.9 Å². The van der Waals surface area contributed by atoms with Crippen molar-refractivity contribution in [2.45, 2.75) is 31.5 Å². The van der Waals surface area contributed by atoms with Gasteiger partial charge in [-0.2, -0.15) is 0 Å². The van der Waals surface area contributed by atoms with E-state index in [1.807, 2.05) is 0 Å². The number of hydrogen-bond acceptors (Lipinski definition) is 4. The van der Waals surface area contributed by atoms with Gasteiger partial charge in [-0.15, -0.1) is 0 Å². The molecule has 1 aromatic rings. The maximum absolute atomic E-state index is 11.1. The van der Waals surface area contributed by atoms with E-state index in [2.05, 4.69) is 0 Å². The summed E-state index contributed by atoms with van der Waals surface area (Å²) >= 11 is 0. The molecule has 0 fully saturated rings. The Hall–Kier alpha value is -1.92. The highest BCUT2D eigenvalue weighted by Crippen LogP contribution is 2.25. The molecule has 6 nitrogen and oxygen atoms in total. The Labute approximate surface area is 110 Å². The van der Waals surface area contributed by atoms with Crippen LogP contribution in [0.15, 0.2) is 24.3 Å². The van der Waals surface area contributed by atoms with E-state index in [0.29, 0.717) is 5.56 Å². The monoisotopic (exact) mass is 267 g/mol. The van der Waals surface area contributed by atoms with Gasteiger partial charge in [0, 0.05) is 0 Å². The number of benzene rings is 1. The first kappa shape index (κ1) is 15.1. The van der Waals surface area contributed by atoms with Crippen molar-refractivity contribution in [2.24, 2.45) is 5.73 Å². The number of aliphatic hydroxyl groups excluding tert-OH is 2. The SMILES string of the molecule is CC(C)(C(=O)O)c1ccc(C(O)C(O)C(N)=O)cc1. The second-order valence-electron chi connectivity index (χ2n) is 4.84. The number of carboxylic acids is 1. The quantitative estimate of drug-likeness (QED) is 0.595. The highest BCUT2D eigenvalue weighted by molar-refractivity contribution is 5.80. The molecule has 5 N–H and O–H groups in total. The molecule has 0 bridgehead atoms. The lowest BCUT2D eigenvalue weighted by atomic mass is 9.84. The van der Waals surface area contributed by atoms with Gasteiger partial charge in [-0.3, -0.25) is 9.59 Å². The van der Waals surface area contributed by atoms with Crippen molar-refractivity contribution in [3.63, 3.8) is 0 Å². The topological polar surface area (TPSA) is 121 Å². The van der Waals surface area contributed by atoms with Crippen molar-refractivity contribution in [3.8, 4) is 0 Å². The van der Waals surface area contributed by atoms with Crippen LogP contribution in [0.4, 0.5) is 0 Å². The van der Waals surface area contributed by atoms with Gasteiger partial charge in [-0.05, 0) is 25.0 Å². The Balaban J connectivity index is 3.00. The maximum atomic E-state index is 11.1. The van der Waals surface area contributed by atoms with E-state index in [1.165, 1.54) is 24.3 Å². The smallest absolute Gasteiger partial charge is 0.313 e. The lowest BCUT2D eigenvalue weighted by Gasteiger charge is -2.21. The first-order valence-electron chi connectivity index (χ1n) is 5.67. The molecule has 1 rings (SSSR count). The minimum Gasteiger partial charge on any atom is -0.481 e. The van der Waals surface area contributed by atoms with E-state index in [9.17, 15) is 19.8 Å². The fourth-order valence-electron chi connectivity index (χ4n) is 1.56. The number of rotatable bonds is 5. The number of carbonyl (C=O) groups is 2. The van der Waals surface area contributed by atoms with Crippen LogP contribution in [0, 0.1) is 0 Å². The molecule has 6 heteroatoms. The summed E-state index contributed by atoms with van der Waals surface area (Å²) in [5.41, 5.74) is 4.66. The number of hydrogen-bond donors (Lipinski definition) is 4. The highest BCUT2D eigenvalue weighted by Gasteiger charge is 2.30. The predicted molar refractivity (Wildman–Crippen MR) is 67.3 cm³/mol. The summed E-state index contributed by atoms with van der Waals surface area (Å²) in [4.78, 5) is 21.9. The molecule has 104 valence electrons. The van der Waals surface area contributed by atoms with E-state index >= 15 is 0 Å². The van der Waals surface area contributed by atoms with Crippen LogP contribution in [0.25, 0.3) is 0 Å². The van der Waals surface area contributed by atoms with Crippen molar-refractivity contribution in [1.82, 2.24) is 0 Å². The molecule has 0 aliphatic heterocycles. The molecule has 0 aromatic heterocycles. The number of aliphatic hydroxyl groups is 2. The molecule has 1 aromatic carbocycles. The number of carboxylic acid groups (broad SMARTS) is 1. The van der Waals surface area contributed by atoms with Gasteiger partial charge in [0.2, 0.25) is 5.91 Å². The number of primary amides is 1. The molecule has 1 amide bonds. The van der Waals surface area contributed by atoms with Gasteiger partial charge in [0.15, 0.2) is 6.10 Å². The van der Waals surface area contributed by atoms with Crippen LogP contribution in [0.5, 0.6) is 0 Å². The Morgan fingerprint density at radius 3 is 2.00 bits per heavy atom. The van der Waals surface area contributed by atoms with Gasteiger partial charge in [-0.1, -0.05) is 24.3 Å². The summed E-state index contributed by atoms with van der Waals surface area (Å²) in [6.45, 7) is 3.11. The first-order chi connectivity index (χ1) is 8.67. The Bertz CT molecular complexity index is 480. The van der Waals surface area contributed by atoms with Gasteiger partial charge < -0.3 is 21.1 Å². The van der Waals surface area contributed by atoms with Crippen LogP contribution in [-0.2, 0) is 15.0 Å². The van der Waals surface area contributed by atoms with Crippen molar-refractivity contribution in [2.75, 3.05) is 0 Å². The van der Waals surface area contributed by atoms with Crippen molar-refractivity contribution >= 4 is 11.9 Å². The van der Waals surface area contributed by atoms with Gasteiger partial charge in [-0.25, -0.2) is 0 Å². The minimum absolute atomic E-state index is 0.288. The Kier molecular flexibility index (Phi) is 4.28. The number of nitrogens with two attached hydrogens (primary N) is 1. The lowest BCUT2D eigenvalue weighted by molar-refractivity contribution is -0.142. The number of aliphatic carboxylic acids is 1. The van der Waals surface area contributed by atoms with Gasteiger partial charge in [0.05, 0.1) is 5.41 Å². The standard InChI is InChI=1S/C13H17NO5/c1-13(2,12(18)19)8-5-3-7(4-6-8)9(15)10(16)11(14)17/h3-6,9-10,15-16H,1-2H3,(H2,14,17)(H,18,19). The maximum Gasteiger partial charge on any atom is 0.313 e. The molecular weight excluding hydrogens is 250 g/mol. The molecule has 19 heavy (non-hydrogen) atoms. The van der Waals surface area contributed by atoms with Gasteiger partial charge >= 0.3 is 5.97 Å². The normalized spacial score (nSPS) is 14.7. The van der Waals surface area contributed by atoms with Crippen LogP contribution in [0.3, 0.4) is 0 Å². The number of carbonyl (C=O) groups excluding carboxylic acids is 1. The number of amides is 1. The molecular formula is C13H17NO5. The fraction of sp³-hybridized carbons (Fsp3) is 0.385. The molecule has 0 radical (unpaired) electrons. The zero-order valence-electron chi connectivity index (χ0n) is 10.7. The second kappa shape index (κ2) is 5.38. The molecule has 0 aliphatic rings. The minimum atomic E-state index is -1.70.